The third kappa shape index (κ3) is 9.02. The standard InChI is InChI=1S/C20H39O9P/c1-7-19(8-2,17(21)26-15-13-24-11-5)28-30(23)29-20(9-3,10-4)18(22)27-16-14-25-12-6/h30H,7-16H2,1-6H3. The van der Waals surface area contributed by atoms with E-state index in [4.69, 9.17) is 28.0 Å². The van der Waals surface area contributed by atoms with Gasteiger partial charge in [-0.2, -0.15) is 0 Å². The molecule has 9 nitrogen and oxygen atoms in total. The van der Waals surface area contributed by atoms with Gasteiger partial charge in [0.25, 0.3) is 0 Å². The predicted molar refractivity (Wildman–Crippen MR) is 113 cm³/mol. The lowest BCUT2D eigenvalue weighted by molar-refractivity contribution is -0.169. The van der Waals surface area contributed by atoms with Crippen LogP contribution in [0.1, 0.15) is 67.2 Å². The zero-order valence-corrected chi connectivity index (χ0v) is 20.2. The van der Waals surface area contributed by atoms with Gasteiger partial charge in [0.15, 0.2) is 11.2 Å². The Morgan fingerprint density at radius 1 is 0.633 bits per heavy atom. The lowest BCUT2D eigenvalue weighted by Gasteiger charge is -2.32. The summed E-state index contributed by atoms with van der Waals surface area (Å²) in [5, 5.41) is 0. The summed E-state index contributed by atoms with van der Waals surface area (Å²) in [4.78, 5) is 25.2. The van der Waals surface area contributed by atoms with Crippen LogP contribution < -0.4 is 0 Å². The number of carbonyl (C=O) groups excluding carboxylic acids is 2. The second kappa shape index (κ2) is 15.8. The molecule has 0 aromatic heterocycles. The van der Waals surface area contributed by atoms with Crippen molar-refractivity contribution in [3.63, 3.8) is 0 Å². The predicted octanol–water partition coefficient (Wildman–Crippen LogP) is 3.69. The number of carbonyl (C=O) groups is 2. The van der Waals surface area contributed by atoms with Crippen molar-refractivity contribution < 1.29 is 42.1 Å². The molecule has 0 aliphatic carbocycles. The SMILES string of the molecule is CCOCCOC(=O)C(CC)(CC)O[PH](=O)OC(CC)(CC)C(=O)OCCOCC. The van der Waals surface area contributed by atoms with E-state index in [1.54, 1.807) is 27.7 Å². The summed E-state index contributed by atoms with van der Waals surface area (Å²) in [7, 11) is -3.22. The highest BCUT2D eigenvalue weighted by molar-refractivity contribution is 7.33. The van der Waals surface area contributed by atoms with Crippen molar-refractivity contribution >= 4 is 20.2 Å². The van der Waals surface area contributed by atoms with Gasteiger partial charge in [-0.05, 0) is 39.5 Å². The Balaban J connectivity index is 5.14. The quantitative estimate of drug-likeness (QED) is 0.174. The summed E-state index contributed by atoms with van der Waals surface area (Å²) in [6.45, 7) is 12.3. The maximum absolute atomic E-state index is 12.7. The van der Waals surface area contributed by atoms with E-state index in [1.165, 1.54) is 0 Å². The highest BCUT2D eigenvalue weighted by Gasteiger charge is 2.44. The van der Waals surface area contributed by atoms with E-state index in [-0.39, 0.29) is 52.1 Å². The van der Waals surface area contributed by atoms with Gasteiger partial charge >= 0.3 is 20.2 Å². The molecule has 0 N–H and O–H groups in total. The van der Waals surface area contributed by atoms with Crippen molar-refractivity contribution in [1.29, 1.82) is 0 Å². The van der Waals surface area contributed by atoms with E-state index in [2.05, 4.69) is 0 Å². The highest BCUT2D eigenvalue weighted by atomic mass is 31.1. The molecular weight excluding hydrogens is 415 g/mol. The fraction of sp³-hybridized carbons (Fsp3) is 0.900. The maximum Gasteiger partial charge on any atom is 0.339 e. The van der Waals surface area contributed by atoms with Gasteiger partial charge in [-0.1, -0.05) is 27.7 Å². The average Bonchev–Trinajstić information content (AvgIpc) is 2.76. The topological polar surface area (TPSA) is 107 Å². The molecule has 178 valence electrons. The molecule has 0 unspecified atom stereocenters. The summed E-state index contributed by atoms with van der Waals surface area (Å²) in [6, 6.07) is 0. The molecule has 30 heavy (non-hydrogen) atoms. The second-order valence-corrected chi connectivity index (χ2v) is 7.43. The lowest BCUT2D eigenvalue weighted by atomic mass is 9.98. The monoisotopic (exact) mass is 454 g/mol. The minimum atomic E-state index is -3.22. The first-order valence-corrected chi connectivity index (χ1v) is 12.0. The average molecular weight is 454 g/mol. The van der Waals surface area contributed by atoms with Crippen LogP contribution >= 0.6 is 8.25 Å². The summed E-state index contributed by atoms with van der Waals surface area (Å²) >= 11 is 0. The summed E-state index contributed by atoms with van der Waals surface area (Å²) in [5.74, 6) is -1.26. The molecule has 0 fully saturated rings. The Bertz CT molecular complexity index is 472. The fourth-order valence-corrected chi connectivity index (χ4v) is 4.15. The second-order valence-electron chi connectivity index (χ2n) is 6.52. The van der Waals surface area contributed by atoms with Crippen molar-refractivity contribution in [2.45, 2.75) is 78.4 Å². The molecule has 0 rings (SSSR count). The van der Waals surface area contributed by atoms with E-state index in [9.17, 15) is 14.2 Å². The van der Waals surface area contributed by atoms with Gasteiger partial charge in [0.1, 0.15) is 13.2 Å². The van der Waals surface area contributed by atoms with Crippen LogP contribution in [-0.2, 0) is 42.1 Å². The fourth-order valence-electron chi connectivity index (χ4n) is 2.73. The zero-order valence-electron chi connectivity index (χ0n) is 19.2. The first kappa shape index (κ1) is 29.0. The number of esters is 2. The molecule has 0 amide bonds. The first-order valence-electron chi connectivity index (χ1n) is 10.7. The molecule has 0 radical (unpaired) electrons. The summed E-state index contributed by atoms with van der Waals surface area (Å²) in [5.41, 5.74) is -2.84. The lowest BCUT2D eigenvalue weighted by Crippen LogP contribution is -2.43. The van der Waals surface area contributed by atoms with Crippen molar-refractivity contribution in [3.8, 4) is 0 Å². The Morgan fingerprint density at radius 2 is 0.967 bits per heavy atom. The molecule has 0 aliphatic heterocycles. The van der Waals surface area contributed by atoms with Crippen LogP contribution in [0.25, 0.3) is 0 Å². The van der Waals surface area contributed by atoms with E-state index < -0.39 is 31.4 Å². The van der Waals surface area contributed by atoms with Crippen molar-refractivity contribution in [3.05, 3.63) is 0 Å². The van der Waals surface area contributed by atoms with Crippen LogP contribution in [0.2, 0.25) is 0 Å². The van der Waals surface area contributed by atoms with Gasteiger partial charge in [-0.3, -0.25) is 13.6 Å². The Labute approximate surface area is 181 Å². The van der Waals surface area contributed by atoms with Crippen LogP contribution in [0.4, 0.5) is 0 Å². The van der Waals surface area contributed by atoms with E-state index in [1.807, 2.05) is 13.8 Å². The molecule has 0 atom stereocenters. The normalized spacial score (nSPS) is 12.2. The van der Waals surface area contributed by atoms with E-state index in [0.29, 0.717) is 13.2 Å². The molecule has 0 saturated carbocycles. The number of hydrogen-bond donors (Lipinski definition) is 0. The van der Waals surface area contributed by atoms with Crippen LogP contribution in [0, 0.1) is 0 Å². The molecule has 0 aliphatic rings. The Hall–Kier alpha value is -0.990. The third-order valence-corrected chi connectivity index (χ3v) is 6.03. The van der Waals surface area contributed by atoms with Crippen LogP contribution in [0.5, 0.6) is 0 Å². The Kier molecular flexibility index (Phi) is 15.2. The molecule has 0 saturated heterocycles. The van der Waals surface area contributed by atoms with Gasteiger partial charge in [0, 0.05) is 13.2 Å². The van der Waals surface area contributed by atoms with Gasteiger partial charge in [-0.25, -0.2) is 9.59 Å². The minimum absolute atomic E-state index is 0.0690. The smallest absolute Gasteiger partial charge is 0.339 e. The largest absolute Gasteiger partial charge is 0.461 e. The first-order chi connectivity index (χ1) is 14.3. The molecule has 0 aromatic rings. The van der Waals surface area contributed by atoms with Crippen molar-refractivity contribution in [2.24, 2.45) is 0 Å². The van der Waals surface area contributed by atoms with E-state index in [0.717, 1.165) is 0 Å². The number of ether oxygens (including phenoxy) is 4. The zero-order chi connectivity index (χ0) is 23.0. The van der Waals surface area contributed by atoms with Crippen LogP contribution in [-0.4, -0.2) is 62.8 Å². The third-order valence-electron chi connectivity index (χ3n) is 4.92. The summed E-state index contributed by atoms with van der Waals surface area (Å²) < 4.78 is 44.7. The highest BCUT2D eigenvalue weighted by Crippen LogP contribution is 2.42. The molecule has 10 heteroatoms. The maximum atomic E-state index is 12.7. The Morgan fingerprint density at radius 3 is 1.23 bits per heavy atom. The van der Waals surface area contributed by atoms with Gasteiger partial charge < -0.3 is 18.9 Å². The van der Waals surface area contributed by atoms with Gasteiger partial charge in [0.05, 0.1) is 13.2 Å². The van der Waals surface area contributed by atoms with Crippen molar-refractivity contribution in [1.82, 2.24) is 0 Å². The molecule has 0 bridgehead atoms. The molecular formula is C20H39O9P. The van der Waals surface area contributed by atoms with Crippen LogP contribution in [0.3, 0.4) is 0 Å². The summed E-state index contributed by atoms with van der Waals surface area (Å²) in [6.07, 6.45) is 0.948. The molecule has 0 aromatic carbocycles. The van der Waals surface area contributed by atoms with Gasteiger partial charge in [-0.15, -0.1) is 0 Å². The molecule has 0 heterocycles. The van der Waals surface area contributed by atoms with Gasteiger partial charge in [0.2, 0.25) is 0 Å². The number of hydrogen-bond acceptors (Lipinski definition) is 9. The van der Waals surface area contributed by atoms with Crippen molar-refractivity contribution in [2.75, 3.05) is 39.6 Å². The van der Waals surface area contributed by atoms with Crippen LogP contribution in [0.15, 0.2) is 0 Å². The number of rotatable bonds is 18. The van der Waals surface area contributed by atoms with E-state index >= 15 is 0 Å². The minimum Gasteiger partial charge on any atom is -0.461 e. The molecule has 0 spiro atoms.